The molecule has 1 heterocycles. The summed E-state index contributed by atoms with van der Waals surface area (Å²) in [6, 6.07) is 3.31. The van der Waals surface area contributed by atoms with E-state index >= 15 is 0 Å². The summed E-state index contributed by atoms with van der Waals surface area (Å²) < 4.78 is 10.4. The summed E-state index contributed by atoms with van der Waals surface area (Å²) in [4.78, 5) is 11.7. The van der Waals surface area contributed by atoms with Crippen LogP contribution in [0.15, 0.2) is 12.1 Å². The van der Waals surface area contributed by atoms with Crippen molar-refractivity contribution in [2.24, 2.45) is 0 Å². The van der Waals surface area contributed by atoms with Gasteiger partial charge in [-0.15, -0.1) is 11.6 Å². The number of benzene rings is 1. The molecule has 1 aromatic carbocycles. The quantitative estimate of drug-likeness (QED) is 0.667. The van der Waals surface area contributed by atoms with Gasteiger partial charge in [-0.05, 0) is 12.8 Å². The first-order valence-corrected chi connectivity index (χ1v) is 6.57. The first-order chi connectivity index (χ1) is 8.70. The Kier molecular flexibility index (Phi) is 4.55. The number of halogens is 2. The number of carbonyl (C=O) groups is 1. The molecule has 0 fully saturated rings. The molecule has 1 aliphatic heterocycles. The van der Waals surface area contributed by atoms with Crippen molar-refractivity contribution in [1.29, 1.82) is 0 Å². The topological polar surface area (TPSA) is 47.6 Å². The Bertz CT molecular complexity index is 451. The van der Waals surface area contributed by atoms with Crippen LogP contribution in [0, 0.1) is 0 Å². The highest BCUT2D eigenvalue weighted by molar-refractivity contribution is 6.34. The Morgan fingerprint density at radius 3 is 2.72 bits per heavy atom. The number of fused-ring (bicyclic) bond motifs is 1. The molecule has 0 unspecified atom stereocenters. The minimum atomic E-state index is -0.0825. The fourth-order valence-corrected chi connectivity index (χ4v) is 2.00. The highest BCUT2D eigenvalue weighted by Crippen LogP contribution is 2.39. The second kappa shape index (κ2) is 6.16. The van der Waals surface area contributed by atoms with Gasteiger partial charge >= 0.3 is 0 Å². The molecule has 1 amide bonds. The van der Waals surface area contributed by atoms with Crippen molar-refractivity contribution in [3.8, 4) is 11.5 Å². The predicted octanol–water partition coefficient (Wildman–Crippen LogP) is 3.42. The van der Waals surface area contributed by atoms with Crippen molar-refractivity contribution < 1.29 is 14.3 Å². The van der Waals surface area contributed by atoms with E-state index in [1.165, 1.54) is 0 Å². The number of carbonyl (C=O) groups excluding carboxylic acids is 1. The molecule has 98 valence electrons. The van der Waals surface area contributed by atoms with Crippen LogP contribution in [0.2, 0.25) is 5.02 Å². The van der Waals surface area contributed by atoms with Gasteiger partial charge in [-0.25, -0.2) is 0 Å². The number of hydrogen-bond acceptors (Lipinski definition) is 3. The number of ether oxygens (including phenoxy) is 2. The minimum absolute atomic E-state index is 0.0825. The van der Waals surface area contributed by atoms with Crippen LogP contribution in [0.3, 0.4) is 0 Å². The van der Waals surface area contributed by atoms with E-state index in [4.69, 9.17) is 32.7 Å². The van der Waals surface area contributed by atoms with Gasteiger partial charge in [0.1, 0.15) is 0 Å². The van der Waals surface area contributed by atoms with E-state index in [0.717, 1.165) is 12.8 Å². The number of nitrogens with one attached hydrogen (secondary N) is 1. The van der Waals surface area contributed by atoms with E-state index in [0.29, 0.717) is 34.5 Å². The highest BCUT2D eigenvalue weighted by atomic mass is 35.5. The number of amides is 1. The van der Waals surface area contributed by atoms with Crippen LogP contribution in [0.25, 0.3) is 0 Å². The van der Waals surface area contributed by atoms with Crippen LogP contribution in [0.5, 0.6) is 11.5 Å². The molecular formula is C12H13Cl2NO3. The van der Waals surface area contributed by atoms with Gasteiger partial charge in [-0.1, -0.05) is 11.6 Å². The number of alkyl halides is 1. The van der Waals surface area contributed by atoms with Crippen molar-refractivity contribution in [1.82, 2.24) is 0 Å². The zero-order valence-corrected chi connectivity index (χ0v) is 11.2. The number of rotatable bonds is 5. The number of hydrogen-bond donors (Lipinski definition) is 1. The van der Waals surface area contributed by atoms with E-state index in [2.05, 4.69) is 5.32 Å². The fraction of sp³-hybridized carbons (Fsp3) is 0.417. The van der Waals surface area contributed by atoms with Crippen molar-refractivity contribution >= 4 is 34.8 Å². The van der Waals surface area contributed by atoms with E-state index in [-0.39, 0.29) is 12.7 Å². The molecule has 1 aromatic rings. The Morgan fingerprint density at radius 2 is 2.00 bits per heavy atom. The summed E-state index contributed by atoms with van der Waals surface area (Å²) in [6.07, 6.45) is 2.01. The molecule has 0 radical (unpaired) electrons. The molecule has 2 rings (SSSR count). The molecule has 4 nitrogen and oxygen atoms in total. The lowest BCUT2D eigenvalue weighted by molar-refractivity contribution is -0.116. The second-order valence-corrected chi connectivity index (χ2v) is 4.66. The molecule has 1 aliphatic rings. The summed E-state index contributed by atoms with van der Waals surface area (Å²) in [6.45, 7) is 0.179. The third-order valence-electron chi connectivity index (χ3n) is 2.52. The SMILES string of the molecule is O=C(CCCCCl)Nc1cc2c(cc1Cl)OCO2. The molecule has 0 atom stereocenters. The van der Waals surface area contributed by atoms with Crippen LogP contribution in [0.4, 0.5) is 5.69 Å². The molecule has 0 aromatic heterocycles. The van der Waals surface area contributed by atoms with Gasteiger partial charge in [0, 0.05) is 24.4 Å². The molecule has 0 saturated heterocycles. The van der Waals surface area contributed by atoms with Crippen molar-refractivity contribution in [2.45, 2.75) is 19.3 Å². The maximum atomic E-state index is 11.7. The average Bonchev–Trinajstić information content (AvgIpc) is 2.77. The number of anilines is 1. The van der Waals surface area contributed by atoms with Gasteiger partial charge < -0.3 is 14.8 Å². The molecule has 1 N–H and O–H groups in total. The third kappa shape index (κ3) is 3.21. The predicted molar refractivity (Wildman–Crippen MR) is 70.8 cm³/mol. The maximum Gasteiger partial charge on any atom is 0.231 e. The summed E-state index contributed by atoms with van der Waals surface area (Å²) in [7, 11) is 0. The Hall–Kier alpha value is -1.13. The van der Waals surface area contributed by atoms with Gasteiger partial charge in [0.2, 0.25) is 12.7 Å². The Labute approximate surface area is 115 Å². The van der Waals surface area contributed by atoms with Crippen LogP contribution in [-0.2, 0) is 4.79 Å². The molecule has 6 heteroatoms. The average molecular weight is 290 g/mol. The van der Waals surface area contributed by atoms with E-state index < -0.39 is 0 Å². The van der Waals surface area contributed by atoms with Crippen LogP contribution in [-0.4, -0.2) is 18.6 Å². The Morgan fingerprint density at radius 1 is 1.28 bits per heavy atom. The lowest BCUT2D eigenvalue weighted by Crippen LogP contribution is -2.11. The van der Waals surface area contributed by atoms with Crippen LogP contribution >= 0.6 is 23.2 Å². The fourth-order valence-electron chi connectivity index (χ4n) is 1.61. The van der Waals surface area contributed by atoms with Gasteiger partial charge in [0.25, 0.3) is 0 Å². The molecule has 0 saturated carbocycles. The third-order valence-corrected chi connectivity index (χ3v) is 3.10. The highest BCUT2D eigenvalue weighted by Gasteiger charge is 2.17. The molecule has 0 bridgehead atoms. The largest absolute Gasteiger partial charge is 0.454 e. The van der Waals surface area contributed by atoms with E-state index in [9.17, 15) is 4.79 Å². The van der Waals surface area contributed by atoms with Gasteiger partial charge in [-0.2, -0.15) is 0 Å². The summed E-state index contributed by atoms with van der Waals surface area (Å²) in [5, 5.41) is 3.18. The normalized spacial score (nSPS) is 12.6. The van der Waals surface area contributed by atoms with E-state index in [1.807, 2.05) is 0 Å². The van der Waals surface area contributed by atoms with Gasteiger partial charge in [0.15, 0.2) is 11.5 Å². The van der Waals surface area contributed by atoms with E-state index in [1.54, 1.807) is 12.1 Å². The monoisotopic (exact) mass is 289 g/mol. The van der Waals surface area contributed by atoms with Crippen molar-refractivity contribution in [3.63, 3.8) is 0 Å². The lowest BCUT2D eigenvalue weighted by atomic mass is 10.2. The summed E-state index contributed by atoms with van der Waals surface area (Å²) in [5.41, 5.74) is 0.539. The smallest absolute Gasteiger partial charge is 0.231 e. The molecule has 0 spiro atoms. The molecule has 18 heavy (non-hydrogen) atoms. The minimum Gasteiger partial charge on any atom is -0.454 e. The van der Waals surface area contributed by atoms with Crippen LogP contribution < -0.4 is 14.8 Å². The van der Waals surface area contributed by atoms with Crippen LogP contribution in [0.1, 0.15) is 19.3 Å². The zero-order valence-electron chi connectivity index (χ0n) is 9.67. The van der Waals surface area contributed by atoms with Gasteiger partial charge in [0.05, 0.1) is 10.7 Å². The number of unbranched alkanes of at least 4 members (excludes halogenated alkanes) is 1. The molecular weight excluding hydrogens is 277 g/mol. The summed E-state index contributed by atoms with van der Waals surface area (Å²) in [5.74, 6) is 1.68. The maximum absolute atomic E-state index is 11.7. The summed E-state index contributed by atoms with van der Waals surface area (Å²) >= 11 is 11.6. The zero-order chi connectivity index (χ0) is 13.0. The van der Waals surface area contributed by atoms with Crippen molar-refractivity contribution in [3.05, 3.63) is 17.2 Å². The first kappa shape index (κ1) is 13.3. The lowest BCUT2D eigenvalue weighted by Gasteiger charge is -2.08. The standard InChI is InChI=1S/C12H13Cl2NO3/c13-4-2-1-3-12(16)15-9-6-11-10(5-8(9)14)17-7-18-11/h5-6H,1-4,7H2,(H,15,16). The molecule has 0 aliphatic carbocycles. The van der Waals surface area contributed by atoms with Gasteiger partial charge in [-0.3, -0.25) is 4.79 Å². The van der Waals surface area contributed by atoms with Crippen molar-refractivity contribution in [2.75, 3.05) is 18.0 Å². The second-order valence-electron chi connectivity index (χ2n) is 3.88. The Balaban J connectivity index is 1.99. The first-order valence-electron chi connectivity index (χ1n) is 5.65.